The maximum atomic E-state index is 11.5. The number of halogens is 1. The van der Waals surface area contributed by atoms with Crippen molar-refractivity contribution < 1.29 is 9.53 Å². The third kappa shape index (κ3) is 2.52. The van der Waals surface area contributed by atoms with Gasteiger partial charge in [-0.1, -0.05) is 0 Å². The van der Waals surface area contributed by atoms with Gasteiger partial charge in [-0.15, -0.1) is 0 Å². The van der Waals surface area contributed by atoms with Crippen molar-refractivity contribution in [2.45, 2.75) is 6.92 Å². The zero-order valence-corrected chi connectivity index (χ0v) is 10.7. The Morgan fingerprint density at radius 3 is 3.12 bits per heavy atom. The van der Waals surface area contributed by atoms with E-state index in [4.69, 9.17) is 4.74 Å². The average molecular weight is 296 g/mol. The Morgan fingerprint density at radius 2 is 2.41 bits per heavy atom. The quantitative estimate of drug-likeness (QED) is 0.883. The maximum absolute atomic E-state index is 11.5. The number of aromatic nitrogens is 3. The molecule has 6 heteroatoms. The van der Waals surface area contributed by atoms with Gasteiger partial charge in [0.25, 0.3) is 0 Å². The van der Waals surface area contributed by atoms with Gasteiger partial charge in [0.2, 0.25) is 0 Å². The van der Waals surface area contributed by atoms with Gasteiger partial charge in [-0.25, -0.2) is 4.79 Å². The molecule has 2 heterocycles. The van der Waals surface area contributed by atoms with Crippen LogP contribution in [0.1, 0.15) is 17.4 Å². The molecule has 2 aromatic rings. The van der Waals surface area contributed by atoms with Crippen LogP contribution in [0.4, 0.5) is 0 Å². The summed E-state index contributed by atoms with van der Waals surface area (Å²) >= 11 is 3.38. The van der Waals surface area contributed by atoms with E-state index >= 15 is 0 Å². The van der Waals surface area contributed by atoms with Crippen LogP contribution < -0.4 is 0 Å². The van der Waals surface area contributed by atoms with Gasteiger partial charge in [0.1, 0.15) is 5.69 Å². The van der Waals surface area contributed by atoms with E-state index in [1.165, 1.54) is 0 Å². The van der Waals surface area contributed by atoms with Crippen LogP contribution in [0.25, 0.3) is 11.3 Å². The van der Waals surface area contributed by atoms with Crippen molar-refractivity contribution in [1.82, 2.24) is 15.2 Å². The lowest BCUT2D eigenvalue weighted by atomic mass is 10.2. The lowest BCUT2D eigenvalue weighted by Gasteiger charge is -1.98. The lowest BCUT2D eigenvalue weighted by molar-refractivity contribution is 0.0519. The summed E-state index contributed by atoms with van der Waals surface area (Å²) in [5.41, 5.74) is 1.87. The third-order valence-corrected chi connectivity index (χ3v) is 2.75. The lowest BCUT2D eigenvalue weighted by Crippen LogP contribution is -2.04. The molecule has 0 fully saturated rings. The molecule has 0 saturated heterocycles. The van der Waals surface area contributed by atoms with E-state index in [1.807, 2.05) is 6.07 Å². The van der Waals surface area contributed by atoms with E-state index in [-0.39, 0.29) is 0 Å². The molecule has 2 rings (SSSR count). The first-order valence-corrected chi connectivity index (χ1v) is 5.84. The second-order valence-corrected chi connectivity index (χ2v) is 4.10. The highest BCUT2D eigenvalue weighted by Gasteiger charge is 2.13. The Hall–Kier alpha value is -1.69. The fraction of sp³-hybridized carbons (Fsp3) is 0.182. The molecule has 0 aliphatic carbocycles. The predicted octanol–water partition coefficient (Wildman–Crippen LogP) is 2.41. The highest BCUT2D eigenvalue weighted by molar-refractivity contribution is 9.10. The number of nitrogens with zero attached hydrogens (tertiary/aromatic N) is 2. The Morgan fingerprint density at radius 1 is 1.59 bits per heavy atom. The van der Waals surface area contributed by atoms with Crippen molar-refractivity contribution in [3.8, 4) is 11.3 Å². The van der Waals surface area contributed by atoms with Gasteiger partial charge in [-0.2, -0.15) is 5.10 Å². The summed E-state index contributed by atoms with van der Waals surface area (Å²) in [6.07, 6.45) is 3.34. The highest BCUT2D eigenvalue weighted by atomic mass is 79.9. The van der Waals surface area contributed by atoms with Gasteiger partial charge in [0.15, 0.2) is 0 Å². The van der Waals surface area contributed by atoms with Crippen LogP contribution in [0.15, 0.2) is 29.0 Å². The summed E-state index contributed by atoms with van der Waals surface area (Å²) < 4.78 is 5.69. The summed E-state index contributed by atoms with van der Waals surface area (Å²) in [6, 6.07) is 3.47. The largest absolute Gasteiger partial charge is 0.461 e. The van der Waals surface area contributed by atoms with E-state index in [2.05, 4.69) is 31.1 Å². The van der Waals surface area contributed by atoms with Crippen molar-refractivity contribution in [2.24, 2.45) is 0 Å². The molecule has 0 amide bonds. The van der Waals surface area contributed by atoms with E-state index in [0.717, 1.165) is 10.0 Å². The molecule has 0 unspecified atom stereocenters. The van der Waals surface area contributed by atoms with E-state index in [9.17, 15) is 4.79 Å². The van der Waals surface area contributed by atoms with Crippen LogP contribution in [0.5, 0.6) is 0 Å². The first-order chi connectivity index (χ1) is 8.22. The topological polar surface area (TPSA) is 67.9 Å². The minimum absolute atomic E-state index is 0.338. The summed E-state index contributed by atoms with van der Waals surface area (Å²) in [5, 5.41) is 6.72. The predicted molar refractivity (Wildman–Crippen MR) is 65.5 cm³/mol. The number of aromatic amines is 1. The number of carbonyl (C=O) groups is 1. The summed E-state index contributed by atoms with van der Waals surface area (Å²) in [7, 11) is 0. The second kappa shape index (κ2) is 5.09. The fourth-order valence-corrected chi connectivity index (χ4v) is 1.81. The maximum Gasteiger partial charge on any atom is 0.356 e. The highest BCUT2D eigenvalue weighted by Crippen LogP contribution is 2.25. The Balaban J connectivity index is 2.30. The van der Waals surface area contributed by atoms with Crippen molar-refractivity contribution in [3.05, 3.63) is 34.7 Å². The molecule has 0 atom stereocenters. The molecular formula is C11H10BrN3O2. The molecular weight excluding hydrogens is 286 g/mol. The molecule has 1 N–H and O–H groups in total. The van der Waals surface area contributed by atoms with Crippen LogP contribution in [0, 0.1) is 0 Å². The van der Waals surface area contributed by atoms with Crippen molar-refractivity contribution in [2.75, 3.05) is 6.61 Å². The molecule has 0 aromatic carbocycles. The molecule has 0 aliphatic rings. The number of pyridine rings is 1. The zero-order chi connectivity index (χ0) is 12.3. The number of nitrogens with one attached hydrogen (secondary N) is 1. The SMILES string of the molecule is CCOC(=O)c1cc(-c2ccncc2Br)n[nH]1. The number of H-pyrrole nitrogens is 1. The normalized spacial score (nSPS) is 10.2. The van der Waals surface area contributed by atoms with Gasteiger partial charge in [-0.3, -0.25) is 10.1 Å². The minimum Gasteiger partial charge on any atom is -0.461 e. The standard InChI is InChI=1S/C11H10BrN3O2/c1-2-17-11(16)10-5-9(14-15-10)7-3-4-13-6-8(7)12/h3-6H,2H2,1H3,(H,14,15). The number of carbonyl (C=O) groups excluding carboxylic acids is 1. The van der Waals surface area contributed by atoms with Crippen LogP contribution in [0.3, 0.4) is 0 Å². The van der Waals surface area contributed by atoms with Crippen molar-refractivity contribution >= 4 is 21.9 Å². The number of esters is 1. The monoisotopic (exact) mass is 295 g/mol. The van der Waals surface area contributed by atoms with Gasteiger partial charge >= 0.3 is 5.97 Å². The van der Waals surface area contributed by atoms with Crippen LogP contribution in [0.2, 0.25) is 0 Å². The van der Waals surface area contributed by atoms with Crippen molar-refractivity contribution in [1.29, 1.82) is 0 Å². The summed E-state index contributed by atoms with van der Waals surface area (Å²) in [6.45, 7) is 2.10. The average Bonchev–Trinajstić information content (AvgIpc) is 2.79. The van der Waals surface area contributed by atoms with Gasteiger partial charge in [0.05, 0.1) is 12.3 Å². The fourth-order valence-electron chi connectivity index (χ4n) is 1.36. The molecule has 5 nitrogen and oxygen atoms in total. The molecule has 0 bridgehead atoms. The van der Waals surface area contributed by atoms with Gasteiger partial charge < -0.3 is 4.74 Å². The minimum atomic E-state index is -0.406. The number of hydrogen-bond donors (Lipinski definition) is 1. The number of rotatable bonds is 3. The van der Waals surface area contributed by atoms with Gasteiger partial charge in [-0.05, 0) is 35.0 Å². The van der Waals surface area contributed by atoms with E-state index in [0.29, 0.717) is 18.0 Å². The Labute approximate surface area is 106 Å². The molecule has 0 aliphatic heterocycles. The van der Waals surface area contributed by atoms with Crippen LogP contribution >= 0.6 is 15.9 Å². The molecule has 88 valence electrons. The summed E-state index contributed by atoms with van der Waals surface area (Å²) in [5.74, 6) is -0.406. The second-order valence-electron chi connectivity index (χ2n) is 3.24. The number of hydrogen-bond acceptors (Lipinski definition) is 4. The Bertz CT molecular complexity index is 539. The first-order valence-electron chi connectivity index (χ1n) is 5.04. The molecule has 0 spiro atoms. The molecule has 0 saturated carbocycles. The molecule has 2 aromatic heterocycles. The smallest absolute Gasteiger partial charge is 0.356 e. The zero-order valence-electron chi connectivity index (χ0n) is 9.11. The van der Waals surface area contributed by atoms with Gasteiger partial charge in [0, 0.05) is 22.4 Å². The van der Waals surface area contributed by atoms with Crippen LogP contribution in [-0.2, 0) is 4.74 Å². The molecule has 17 heavy (non-hydrogen) atoms. The van der Waals surface area contributed by atoms with E-state index < -0.39 is 5.97 Å². The van der Waals surface area contributed by atoms with Crippen molar-refractivity contribution in [3.63, 3.8) is 0 Å². The van der Waals surface area contributed by atoms with Crippen LogP contribution in [-0.4, -0.2) is 27.8 Å². The molecule has 0 radical (unpaired) electrons. The Kier molecular flexibility index (Phi) is 3.53. The third-order valence-electron chi connectivity index (χ3n) is 2.12. The summed E-state index contributed by atoms with van der Waals surface area (Å²) in [4.78, 5) is 15.4. The van der Waals surface area contributed by atoms with E-state index in [1.54, 1.807) is 25.4 Å². The number of ether oxygens (including phenoxy) is 1. The first kappa shape index (κ1) is 11.8.